The average Bonchev–Trinajstić information content (AvgIpc) is 3.14. The number of nitrogens with zero attached hydrogens (tertiary/aromatic N) is 3. The molecule has 0 N–H and O–H groups in total. The van der Waals surface area contributed by atoms with Gasteiger partial charge in [0, 0.05) is 42.6 Å². The van der Waals surface area contributed by atoms with Gasteiger partial charge in [-0.05, 0) is 72.8 Å². The van der Waals surface area contributed by atoms with Crippen molar-refractivity contribution in [2.75, 3.05) is 20.3 Å². The van der Waals surface area contributed by atoms with Crippen molar-refractivity contribution in [3.05, 3.63) is 99.8 Å². The van der Waals surface area contributed by atoms with E-state index >= 15 is 0 Å². The number of aromatic nitrogens is 1. The number of hydrogen-bond donors (Lipinski definition) is 0. The van der Waals surface area contributed by atoms with E-state index in [0.29, 0.717) is 46.7 Å². The number of rotatable bonds is 12. The van der Waals surface area contributed by atoms with Gasteiger partial charge in [-0.2, -0.15) is 5.26 Å². The number of carbonyl (C=O) groups excluding carboxylic acids is 2. The van der Waals surface area contributed by atoms with Crippen molar-refractivity contribution >= 4 is 23.9 Å². The molecule has 0 spiro atoms. The van der Waals surface area contributed by atoms with Crippen LogP contribution in [-0.4, -0.2) is 54.5 Å². The predicted octanol–water partition coefficient (Wildman–Crippen LogP) is 7.00. The molecular formula is C39H38ClN3O7. The van der Waals surface area contributed by atoms with Crippen LogP contribution in [0.3, 0.4) is 0 Å². The lowest BCUT2D eigenvalue weighted by Gasteiger charge is -2.34. The highest BCUT2D eigenvalue weighted by Crippen LogP contribution is 2.39. The topological polar surface area (TPSA) is 120 Å². The van der Waals surface area contributed by atoms with Crippen molar-refractivity contribution in [1.29, 1.82) is 5.26 Å². The summed E-state index contributed by atoms with van der Waals surface area (Å²) in [5, 5.41) is 9.75. The minimum Gasteiger partial charge on any atom is -0.488 e. The number of pyridine rings is 1. The zero-order valence-corrected chi connectivity index (χ0v) is 28.8. The summed E-state index contributed by atoms with van der Waals surface area (Å²) in [4.78, 5) is 29.9. The molecule has 0 aliphatic carbocycles. The van der Waals surface area contributed by atoms with Crippen LogP contribution < -0.4 is 18.9 Å². The molecule has 1 fully saturated rings. The first-order chi connectivity index (χ1) is 24.4. The number of hydrogen-bond acceptors (Lipinski definition) is 10. The molecule has 2 atom stereocenters. The van der Waals surface area contributed by atoms with E-state index in [2.05, 4.69) is 16.0 Å². The Morgan fingerprint density at radius 1 is 1.06 bits per heavy atom. The number of nitriles is 1. The maximum absolute atomic E-state index is 12.6. The lowest BCUT2D eigenvalue weighted by atomic mass is 9.96. The maximum atomic E-state index is 12.6. The number of aldehydes is 1. The van der Waals surface area contributed by atoms with Crippen molar-refractivity contribution < 1.29 is 33.3 Å². The second kappa shape index (κ2) is 16.1. The number of halogens is 1. The monoisotopic (exact) mass is 695 g/mol. The van der Waals surface area contributed by atoms with Gasteiger partial charge in [0.15, 0.2) is 11.5 Å². The Balaban J connectivity index is 1.24. The zero-order chi connectivity index (χ0) is 35.0. The van der Waals surface area contributed by atoms with Gasteiger partial charge in [0.2, 0.25) is 0 Å². The molecule has 2 unspecified atom stereocenters. The van der Waals surface area contributed by atoms with Crippen LogP contribution in [0.5, 0.6) is 23.0 Å². The molecule has 6 rings (SSSR count). The van der Waals surface area contributed by atoms with Crippen molar-refractivity contribution in [2.24, 2.45) is 0 Å². The van der Waals surface area contributed by atoms with E-state index in [1.807, 2.05) is 49.4 Å². The van der Waals surface area contributed by atoms with Crippen molar-refractivity contribution in [1.82, 2.24) is 9.88 Å². The number of esters is 1. The molecule has 258 valence electrons. The van der Waals surface area contributed by atoms with Crippen LogP contribution in [0.25, 0.3) is 11.1 Å². The second-order valence-corrected chi connectivity index (χ2v) is 12.8. The highest BCUT2D eigenvalue weighted by molar-refractivity contribution is 6.32. The minimum absolute atomic E-state index is 0.170. The zero-order valence-electron chi connectivity index (χ0n) is 28.0. The van der Waals surface area contributed by atoms with Gasteiger partial charge in [-0.25, -0.2) is 0 Å². The molecule has 0 saturated carbocycles. The molecule has 2 aliphatic heterocycles. The summed E-state index contributed by atoms with van der Waals surface area (Å²) in [6, 6.07) is 18.9. The fraction of sp³-hybridized carbons (Fsp3) is 0.333. The van der Waals surface area contributed by atoms with Crippen LogP contribution in [0.2, 0.25) is 5.02 Å². The van der Waals surface area contributed by atoms with Gasteiger partial charge < -0.3 is 28.5 Å². The Kier molecular flexibility index (Phi) is 11.2. The SMILES string of the molecule is COC(=O)C1CCCCN1Cc1cc(Cl)c(OCc2cccc(-c3ccc4c(c3)OC(CC=O)CO4)c2C)cc1OCc1cncc(C#N)c1. The minimum atomic E-state index is -0.352. The molecule has 4 aromatic rings. The van der Waals surface area contributed by atoms with Crippen LogP contribution in [0.1, 0.15) is 53.5 Å². The van der Waals surface area contributed by atoms with Gasteiger partial charge in [-0.15, -0.1) is 0 Å². The standard InChI is InChI=1S/C39H38ClN3O7/c1-25-29(6-5-7-32(25)28-9-10-35-38(16-28)50-31(11-13-44)24-49-35)23-48-37-17-36(47-22-27-14-26(18-41)19-42-20-27)30(15-33(37)40)21-43-12-4-3-8-34(43)39(45)46-2/h5-7,9-10,13-17,19-20,31,34H,3-4,8,11-12,21-24H2,1-2H3. The van der Waals surface area contributed by atoms with E-state index in [1.54, 1.807) is 18.3 Å². The van der Waals surface area contributed by atoms with Gasteiger partial charge in [0.25, 0.3) is 0 Å². The van der Waals surface area contributed by atoms with E-state index in [0.717, 1.165) is 65.5 Å². The van der Waals surface area contributed by atoms with Gasteiger partial charge in [0.05, 0.1) is 17.7 Å². The van der Waals surface area contributed by atoms with E-state index in [4.69, 9.17) is 35.3 Å². The number of ether oxygens (including phenoxy) is 5. The summed E-state index contributed by atoms with van der Waals surface area (Å²) < 4.78 is 29.6. The Morgan fingerprint density at radius 3 is 2.74 bits per heavy atom. The number of piperidine rings is 1. The third-order valence-corrected chi connectivity index (χ3v) is 9.35. The van der Waals surface area contributed by atoms with Crippen LogP contribution in [0.15, 0.2) is 67.0 Å². The van der Waals surface area contributed by atoms with Gasteiger partial charge in [-0.1, -0.05) is 42.3 Å². The quantitative estimate of drug-likeness (QED) is 0.113. The molecular weight excluding hydrogens is 658 g/mol. The third kappa shape index (κ3) is 8.02. The number of benzene rings is 3. The average molecular weight is 696 g/mol. The summed E-state index contributed by atoms with van der Waals surface area (Å²) in [5.74, 6) is 2.00. The fourth-order valence-electron chi connectivity index (χ4n) is 6.35. The third-order valence-electron chi connectivity index (χ3n) is 9.06. The number of fused-ring (bicyclic) bond motifs is 1. The molecule has 2 aliphatic rings. The van der Waals surface area contributed by atoms with E-state index < -0.39 is 0 Å². The van der Waals surface area contributed by atoms with Crippen molar-refractivity contribution in [3.63, 3.8) is 0 Å². The molecule has 11 heteroatoms. The second-order valence-electron chi connectivity index (χ2n) is 12.4. The molecule has 50 heavy (non-hydrogen) atoms. The lowest BCUT2D eigenvalue weighted by molar-refractivity contribution is -0.148. The van der Waals surface area contributed by atoms with Crippen LogP contribution in [0.4, 0.5) is 0 Å². The molecule has 0 radical (unpaired) electrons. The summed E-state index contributed by atoms with van der Waals surface area (Å²) in [6.45, 7) is 3.96. The Labute approximate surface area is 296 Å². The molecule has 10 nitrogen and oxygen atoms in total. The summed E-state index contributed by atoms with van der Waals surface area (Å²) in [6.07, 6.45) is 6.60. The van der Waals surface area contributed by atoms with Gasteiger partial charge in [0.1, 0.15) is 55.8 Å². The molecule has 1 saturated heterocycles. The van der Waals surface area contributed by atoms with Crippen LogP contribution in [0, 0.1) is 18.3 Å². The van der Waals surface area contributed by atoms with Crippen LogP contribution in [-0.2, 0) is 34.1 Å². The maximum Gasteiger partial charge on any atom is 0.323 e. The number of carbonyl (C=O) groups is 2. The molecule has 1 aromatic heterocycles. The largest absolute Gasteiger partial charge is 0.488 e. The first-order valence-corrected chi connectivity index (χ1v) is 16.9. The van der Waals surface area contributed by atoms with Crippen molar-refractivity contribution in [2.45, 2.75) is 64.5 Å². The summed E-state index contributed by atoms with van der Waals surface area (Å²) >= 11 is 6.85. The predicted molar refractivity (Wildman–Crippen MR) is 186 cm³/mol. The van der Waals surface area contributed by atoms with Gasteiger partial charge in [-0.3, -0.25) is 14.7 Å². The van der Waals surface area contributed by atoms with E-state index in [-0.39, 0.29) is 37.7 Å². The van der Waals surface area contributed by atoms with E-state index in [1.165, 1.54) is 13.3 Å². The molecule has 3 heterocycles. The highest BCUT2D eigenvalue weighted by atomic mass is 35.5. The van der Waals surface area contributed by atoms with Crippen molar-refractivity contribution in [3.8, 4) is 40.2 Å². The molecule has 3 aromatic carbocycles. The lowest BCUT2D eigenvalue weighted by Crippen LogP contribution is -2.44. The Morgan fingerprint density at radius 2 is 1.92 bits per heavy atom. The Hall–Kier alpha value is -5.11. The first-order valence-electron chi connectivity index (χ1n) is 16.6. The number of methoxy groups -OCH3 is 1. The van der Waals surface area contributed by atoms with Gasteiger partial charge >= 0.3 is 5.97 Å². The van der Waals surface area contributed by atoms with Crippen LogP contribution >= 0.6 is 11.6 Å². The van der Waals surface area contributed by atoms with E-state index in [9.17, 15) is 14.9 Å². The summed E-state index contributed by atoms with van der Waals surface area (Å²) in [5.41, 5.74) is 5.94. The normalized spacial score (nSPS) is 17.0. The smallest absolute Gasteiger partial charge is 0.323 e. The first kappa shape index (κ1) is 34.7. The fourth-order valence-corrected chi connectivity index (χ4v) is 6.59. The Bertz CT molecular complexity index is 1910. The number of likely N-dealkylation sites (tertiary alicyclic amines) is 1. The highest BCUT2D eigenvalue weighted by Gasteiger charge is 2.30. The molecule has 0 bridgehead atoms. The summed E-state index contributed by atoms with van der Waals surface area (Å²) in [7, 11) is 1.41. The molecule has 0 amide bonds.